The van der Waals surface area contributed by atoms with Gasteiger partial charge < -0.3 is 4.74 Å². The quantitative estimate of drug-likeness (QED) is 0.222. The molecule has 0 aliphatic heterocycles. The Morgan fingerprint density at radius 3 is 2.53 bits per heavy atom. The molecule has 0 aliphatic rings. The van der Waals surface area contributed by atoms with E-state index in [-0.39, 0.29) is 22.3 Å². The summed E-state index contributed by atoms with van der Waals surface area (Å²) in [6.45, 7) is 1.06. The first-order valence-electron chi connectivity index (χ1n) is 9.95. The second-order valence-electron chi connectivity index (χ2n) is 7.24. The summed E-state index contributed by atoms with van der Waals surface area (Å²) < 4.78 is 72.2. The van der Waals surface area contributed by atoms with Gasteiger partial charge in [0.25, 0.3) is 0 Å². The molecule has 3 rings (SSSR count). The largest absolute Gasteiger partial charge is 0.452 e. The lowest BCUT2D eigenvalue weighted by atomic mass is 10.2. The van der Waals surface area contributed by atoms with Crippen molar-refractivity contribution in [2.45, 2.75) is 24.5 Å². The summed E-state index contributed by atoms with van der Waals surface area (Å²) >= 11 is 2.39. The van der Waals surface area contributed by atoms with E-state index in [1.54, 1.807) is 49.6 Å². The third-order valence-electron chi connectivity index (χ3n) is 4.60. The van der Waals surface area contributed by atoms with E-state index in [4.69, 9.17) is 4.74 Å². The Morgan fingerprint density at radius 2 is 1.88 bits per heavy atom. The third kappa shape index (κ3) is 6.40. The van der Waals surface area contributed by atoms with Crippen LogP contribution in [0.4, 0.5) is 13.2 Å². The minimum Gasteiger partial charge on any atom is -0.452 e. The number of halogens is 3. The van der Waals surface area contributed by atoms with Crippen molar-refractivity contribution in [3.8, 4) is 21.0 Å². The normalized spacial score (nSPS) is 12.3. The molecule has 0 unspecified atom stereocenters. The highest BCUT2D eigenvalue weighted by molar-refractivity contribution is 7.96. The molecule has 0 amide bonds. The van der Waals surface area contributed by atoms with E-state index < -0.39 is 34.2 Å². The number of alkyl halides is 3. The number of sulfone groups is 1. The summed E-state index contributed by atoms with van der Waals surface area (Å²) in [7, 11) is 0.120. The fourth-order valence-corrected chi connectivity index (χ4v) is 5.22. The molecule has 7 nitrogen and oxygen atoms in total. The minimum absolute atomic E-state index is 0.0225. The van der Waals surface area contributed by atoms with Crippen molar-refractivity contribution in [3.05, 3.63) is 48.2 Å². The molecule has 13 heteroatoms. The van der Waals surface area contributed by atoms with Crippen LogP contribution >= 0.6 is 23.3 Å². The van der Waals surface area contributed by atoms with Crippen molar-refractivity contribution in [2.75, 3.05) is 25.8 Å². The van der Waals surface area contributed by atoms with Crippen LogP contribution in [-0.4, -0.2) is 54.3 Å². The summed E-state index contributed by atoms with van der Waals surface area (Å²) in [5, 5.41) is 3.58. The highest BCUT2D eigenvalue weighted by Crippen LogP contribution is 2.38. The number of nitrogens with zero attached hydrogens (tertiary/aromatic N) is 3. The van der Waals surface area contributed by atoms with Gasteiger partial charge in [0.15, 0.2) is 21.5 Å². The van der Waals surface area contributed by atoms with E-state index in [9.17, 15) is 26.4 Å². The Kier molecular flexibility index (Phi) is 8.11. The number of ether oxygens (including phenoxy) is 1. The highest BCUT2D eigenvalue weighted by atomic mass is 32.2. The molecular weight excluding hydrogens is 511 g/mol. The van der Waals surface area contributed by atoms with Gasteiger partial charge in [-0.15, -0.1) is 11.3 Å². The maximum absolute atomic E-state index is 13.3. The van der Waals surface area contributed by atoms with Crippen molar-refractivity contribution < 1.29 is 31.1 Å². The molecule has 3 aromatic rings. The van der Waals surface area contributed by atoms with Gasteiger partial charge in [-0.2, -0.15) is 18.3 Å². The third-order valence-corrected chi connectivity index (χ3v) is 8.22. The molecule has 184 valence electrons. The first-order valence-corrected chi connectivity index (χ1v) is 13.4. The van der Waals surface area contributed by atoms with Gasteiger partial charge in [-0.3, -0.25) is 13.8 Å². The molecule has 0 atom stereocenters. The van der Waals surface area contributed by atoms with Gasteiger partial charge in [0.2, 0.25) is 0 Å². The number of rotatable bonds is 9. The Bertz CT molecular complexity index is 1270. The fraction of sp³-hybridized carbons (Fsp3) is 0.333. The van der Waals surface area contributed by atoms with Crippen LogP contribution in [0.15, 0.2) is 47.4 Å². The van der Waals surface area contributed by atoms with Crippen molar-refractivity contribution in [3.63, 3.8) is 0 Å². The number of hydrogen-bond acceptors (Lipinski definition) is 8. The number of thiophene rings is 1. The summed E-state index contributed by atoms with van der Waals surface area (Å²) in [6, 6.07) is 10.6. The number of esters is 1. The van der Waals surface area contributed by atoms with Crippen LogP contribution in [0.25, 0.3) is 21.0 Å². The van der Waals surface area contributed by atoms with E-state index in [0.717, 1.165) is 10.7 Å². The summed E-state index contributed by atoms with van der Waals surface area (Å²) in [6.07, 6.45) is -4.69. The maximum Gasteiger partial charge on any atom is 0.435 e. The van der Waals surface area contributed by atoms with Crippen LogP contribution in [0.5, 0.6) is 0 Å². The van der Waals surface area contributed by atoms with E-state index in [2.05, 4.69) is 5.10 Å². The second kappa shape index (κ2) is 10.5. The molecule has 0 fully saturated rings. The van der Waals surface area contributed by atoms with Crippen LogP contribution in [0.2, 0.25) is 0 Å². The van der Waals surface area contributed by atoms with Gasteiger partial charge in [0, 0.05) is 4.88 Å². The number of carbonyl (C=O) groups excluding carboxylic acids is 1. The number of carbonyl (C=O) groups is 1. The Morgan fingerprint density at radius 1 is 1.18 bits per heavy atom. The molecule has 0 N–H and O–H groups in total. The van der Waals surface area contributed by atoms with Crippen LogP contribution in [-0.2, 0) is 32.1 Å². The second-order valence-corrected chi connectivity index (χ2v) is 11.8. The molecule has 2 heterocycles. The number of aromatic nitrogens is 2. The van der Waals surface area contributed by atoms with Crippen molar-refractivity contribution in [2.24, 2.45) is 0 Å². The average Bonchev–Trinajstić information content (AvgIpc) is 3.40. The predicted molar refractivity (Wildman–Crippen MR) is 126 cm³/mol. The van der Waals surface area contributed by atoms with E-state index in [0.29, 0.717) is 15.3 Å². The first-order chi connectivity index (χ1) is 15.9. The van der Waals surface area contributed by atoms with Crippen LogP contribution in [0.3, 0.4) is 0 Å². The Hall–Kier alpha value is -2.35. The Balaban J connectivity index is 1.92. The topological polar surface area (TPSA) is 81.5 Å². The number of benzene rings is 1. The van der Waals surface area contributed by atoms with Gasteiger partial charge in [0.05, 0.1) is 21.2 Å². The lowest BCUT2D eigenvalue weighted by Gasteiger charge is -2.10. The molecule has 0 bridgehead atoms. The average molecular weight is 534 g/mol. The molecule has 0 saturated carbocycles. The van der Waals surface area contributed by atoms with Crippen LogP contribution in [0, 0.1) is 0 Å². The van der Waals surface area contributed by atoms with Crippen molar-refractivity contribution in [1.82, 2.24) is 14.1 Å². The summed E-state index contributed by atoms with van der Waals surface area (Å²) in [4.78, 5) is 13.4. The van der Waals surface area contributed by atoms with E-state index >= 15 is 0 Å². The van der Waals surface area contributed by atoms with Crippen molar-refractivity contribution >= 4 is 39.1 Å². The number of hydrogen-bond donors (Lipinski definition) is 0. The standard InChI is InChI=1S/C21H22F3N3O4S3/c1-4-34(29,30)15-7-5-6-14(10-15)17-8-9-18(33-17)16-11-19(21(22,23)24)25-27(16)12-20(28)31-13-32-26(2)3/h5-11H,4,12-13H2,1-3H3. The van der Waals surface area contributed by atoms with Gasteiger partial charge in [0.1, 0.15) is 6.54 Å². The van der Waals surface area contributed by atoms with Crippen molar-refractivity contribution in [1.29, 1.82) is 0 Å². The highest BCUT2D eigenvalue weighted by Gasteiger charge is 2.35. The summed E-state index contributed by atoms with van der Waals surface area (Å²) in [5.74, 6) is -0.745. The molecule has 0 radical (unpaired) electrons. The van der Waals surface area contributed by atoms with Gasteiger partial charge >= 0.3 is 12.1 Å². The lowest BCUT2D eigenvalue weighted by Crippen LogP contribution is -2.17. The first kappa shape index (κ1) is 26.3. The smallest absolute Gasteiger partial charge is 0.435 e. The maximum atomic E-state index is 13.3. The zero-order valence-corrected chi connectivity index (χ0v) is 20.9. The predicted octanol–water partition coefficient (Wildman–Crippen LogP) is 4.80. The van der Waals surface area contributed by atoms with Gasteiger partial charge in [-0.05, 0) is 61.9 Å². The Labute approximate surface area is 203 Å². The minimum atomic E-state index is -4.69. The molecule has 0 spiro atoms. The zero-order valence-electron chi connectivity index (χ0n) is 18.5. The summed E-state index contributed by atoms with van der Waals surface area (Å²) in [5.41, 5.74) is -0.393. The van der Waals surface area contributed by atoms with Gasteiger partial charge in [-0.25, -0.2) is 8.42 Å². The monoisotopic (exact) mass is 533 g/mol. The van der Waals surface area contributed by atoms with E-state index in [1.165, 1.54) is 35.4 Å². The zero-order chi connectivity index (χ0) is 25.1. The molecule has 34 heavy (non-hydrogen) atoms. The van der Waals surface area contributed by atoms with E-state index in [1.807, 2.05) is 0 Å². The molecule has 1 aromatic carbocycles. The van der Waals surface area contributed by atoms with Crippen LogP contribution < -0.4 is 0 Å². The molecule has 0 saturated heterocycles. The van der Waals surface area contributed by atoms with Gasteiger partial charge in [-0.1, -0.05) is 19.1 Å². The molecular formula is C21H22F3N3O4S3. The SMILES string of the molecule is CCS(=O)(=O)c1cccc(-c2ccc(-c3cc(C(F)(F)F)nn3CC(=O)OCSN(C)C)s2)c1. The molecule has 0 aliphatic carbocycles. The van der Waals surface area contributed by atoms with Crippen LogP contribution in [0.1, 0.15) is 12.6 Å². The lowest BCUT2D eigenvalue weighted by molar-refractivity contribution is -0.144. The molecule has 2 aromatic heterocycles. The fourth-order valence-electron chi connectivity index (χ4n) is 2.88.